The Bertz CT molecular complexity index is 1320. The molecule has 35 heavy (non-hydrogen) atoms. The first-order valence-electron chi connectivity index (χ1n) is 9.81. The highest BCUT2D eigenvalue weighted by molar-refractivity contribution is 6.31. The van der Waals surface area contributed by atoms with Crippen LogP contribution in [0.5, 0.6) is 5.88 Å². The van der Waals surface area contributed by atoms with Crippen molar-refractivity contribution in [3.05, 3.63) is 61.7 Å². The van der Waals surface area contributed by atoms with Crippen molar-refractivity contribution >= 4 is 23.8 Å². The van der Waals surface area contributed by atoms with Crippen LogP contribution in [0, 0.1) is 5.82 Å². The van der Waals surface area contributed by atoms with Crippen LogP contribution in [-0.4, -0.2) is 51.8 Å². The average Bonchev–Trinajstić information content (AvgIpc) is 2.78. The lowest BCUT2D eigenvalue weighted by atomic mass is 10.2. The van der Waals surface area contributed by atoms with Crippen molar-refractivity contribution in [3.8, 4) is 11.7 Å². The maximum Gasteiger partial charge on any atom is 0.431 e. The second kappa shape index (κ2) is 10.00. The molecule has 0 amide bonds. The van der Waals surface area contributed by atoms with E-state index in [4.69, 9.17) is 25.8 Å². The Morgan fingerprint density at radius 3 is 2.60 bits per heavy atom. The molecular weight excluding hydrogens is 504 g/mol. The fraction of sp³-hybridized carbons (Fsp3) is 0.350. The van der Waals surface area contributed by atoms with Gasteiger partial charge in [0.1, 0.15) is 23.9 Å². The maximum atomic E-state index is 14.7. The summed E-state index contributed by atoms with van der Waals surface area (Å²) in [7, 11) is 0.759. The lowest BCUT2D eigenvalue weighted by molar-refractivity contribution is -0.174. The van der Waals surface area contributed by atoms with Gasteiger partial charge in [-0.1, -0.05) is 11.6 Å². The van der Waals surface area contributed by atoms with E-state index in [-0.39, 0.29) is 28.4 Å². The van der Waals surface area contributed by atoms with Gasteiger partial charge in [0.2, 0.25) is 5.88 Å². The Morgan fingerprint density at radius 2 is 2.00 bits per heavy atom. The van der Waals surface area contributed by atoms with Crippen molar-refractivity contribution in [1.29, 1.82) is 0 Å². The zero-order valence-electron chi connectivity index (χ0n) is 18.1. The summed E-state index contributed by atoms with van der Waals surface area (Å²) in [5.41, 5.74) is -4.54. The minimum Gasteiger partial charge on any atom is -0.464 e. The molecule has 188 valence electrons. The number of aliphatic imine (C=N–C) groups is 1. The summed E-state index contributed by atoms with van der Waals surface area (Å²) in [4.78, 5) is 44.4. The number of allylic oxidation sites excluding steroid dienone is 1. The molecule has 3 rings (SSSR count). The summed E-state index contributed by atoms with van der Waals surface area (Å²) in [6.07, 6.45) is -0.832. The average molecular weight is 521 g/mol. The van der Waals surface area contributed by atoms with Gasteiger partial charge in [-0.25, -0.2) is 18.5 Å². The number of dihydropyridines is 1. The summed E-state index contributed by atoms with van der Waals surface area (Å²) in [5, 5.41) is -0.426. The molecule has 1 aliphatic heterocycles. The number of esters is 1. The van der Waals surface area contributed by atoms with Crippen LogP contribution in [0.3, 0.4) is 0 Å². The van der Waals surface area contributed by atoms with E-state index in [1.807, 2.05) is 0 Å². The van der Waals surface area contributed by atoms with Crippen LogP contribution < -0.4 is 16.0 Å². The normalized spacial score (nSPS) is 17.5. The minimum absolute atomic E-state index is 0.0920. The SMILES string of the molecule is CCOC(=O)COC1(Oc2nc(-n3c(=O)cc(C(F)(F)F)n(C)c3=O)c(F)cc2Cl)C=CC=NC1. The van der Waals surface area contributed by atoms with Crippen LogP contribution in [0.1, 0.15) is 12.6 Å². The molecule has 1 aliphatic rings. The molecule has 0 radical (unpaired) electrons. The fourth-order valence-electron chi connectivity index (χ4n) is 2.98. The molecular formula is C20H17ClF4N4O6. The van der Waals surface area contributed by atoms with Gasteiger partial charge < -0.3 is 14.2 Å². The molecule has 0 aromatic carbocycles. The molecule has 2 aromatic rings. The van der Waals surface area contributed by atoms with E-state index in [0.717, 1.165) is 7.05 Å². The highest BCUT2D eigenvalue weighted by Gasteiger charge is 2.37. The highest BCUT2D eigenvalue weighted by atomic mass is 35.5. The topological polar surface area (TPSA) is 114 Å². The van der Waals surface area contributed by atoms with Crippen LogP contribution >= 0.6 is 11.6 Å². The number of pyridine rings is 1. The van der Waals surface area contributed by atoms with Gasteiger partial charge in [-0.15, -0.1) is 0 Å². The van der Waals surface area contributed by atoms with E-state index in [9.17, 15) is 31.9 Å². The largest absolute Gasteiger partial charge is 0.464 e. The number of halogens is 5. The third-order valence-corrected chi connectivity index (χ3v) is 4.83. The third kappa shape index (κ3) is 5.59. The van der Waals surface area contributed by atoms with E-state index in [2.05, 4.69) is 9.98 Å². The number of alkyl halides is 3. The molecule has 1 atom stereocenters. The zero-order chi connectivity index (χ0) is 26.0. The smallest absolute Gasteiger partial charge is 0.431 e. The predicted molar refractivity (Wildman–Crippen MR) is 113 cm³/mol. The first-order valence-corrected chi connectivity index (χ1v) is 10.2. The van der Waals surface area contributed by atoms with Gasteiger partial charge >= 0.3 is 17.8 Å². The van der Waals surface area contributed by atoms with Crippen LogP contribution in [0.4, 0.5) is 17.6 Å². The lowest BCUT2D eigenvalue weighted by Crippen LogP contribution is -2.44. The number of nitrogens with zero attached hydrogens (tertiary/aromatic N) is 4. The van der Waals surface area contributed by atoms with E-state index in [1.54, 1.807) is 6.92 Å². The Labute approximate surface area is 199 Å². The fourth-order valence-corrected chi connectivity index (χ4v) is 3.16. The van der Waals surface area contributed by atoms with E-state index >= 15 is 0 Å². The molecule has 0 saturated carbocycles. The van der Waals surface area contributed by atoms with Gasteiger partial charge in [0, 0.05) is 25.4 Å². The van der Waals surface area contributed by atoms with Crippen LogP contribution in [0.25, 0.3) is 5.82 Å². The minimum atomic E-state index is -5.01. The van der Waals surface area contributed by atoms with Crippen molar-refractivity contribution < 1.29 is 36.6 Å². The Morgan fingerprint density at radius 1 is 1.29 bits per heavy atom. The molecule has 10 nitrogen and oxygen atoms in total. The molecule has 2 aromatic heterocycles. The Balaban J connectivity index is 2.07. The van der Waals surface area contributed by atoms with Gasteiger partial charge in [-0.2, -0.15) is 18.2 Å². The number of ether oxygens (including phenoxy) is 3. The van der Waals surface area contributed by atoms with Gasteiger partial charge in [-0.3, -0.25) is 14.4 Å². The van der Waals surface area contributed by atoms with Crippen molar-refractivity contribution in [1.82, 2.24) is 14.1 Å². The second-order valence-corrected chi connectivity index (χ2v) is 7.39. The summed E-state index contributed by atoms with van der Waals surface area (Å²) < 4.78 is 70.2. The summed E-state index contributed by atoms with van der Waals surface area (Å²) in [6.45, 7) is 0.912. The molecule has 0 N–H and O–H groups in total. The summed E-state index contributed by atoms with van der Waals surface area (Å²) in [5.74, 6) is -5.30. The molecule has 3 heterocycles. The van der Waals surface area contributed by atoms with Crippen molar-refractivity contribution in [2.24, 2.45) is 12.0 Å². The number of rotatable bonds is 7. The lowest BCUT2D eigenvalue weighted by Gasteiger charge is -2.30. The van der Waals surface area contributed by atoms with E-state index in [1.165, 1.54) is 18.4 Å². The first-order chi connectivity index (χ1) is 16.4. The van der Waals surface area contributed by atoms with Gasteiger partial charge in [0.15, 0.2) is 11.6 Å². The monoisotopic (exact) mass is 520 g/mol. The Hall–Kier alpha value is -3.52. The highest BCUT2D eigenvalue weighted by Crippen LogP contribution is 2.31. The molecule has 0 bridgehead atoms. The van der Waals surface area contributed by atoms with Gasteiger partial charge in [0.05, 0.1) is 6.61 Å². The van der Waals surface area contributed by atoms with Crippen LogP contribution in [0.15, 0.2) is 38.9 Å². The Kier molecular flexibility index (Phi) is 7.45. The molecule has 0 saturated heterocycles. The van der Waals surface area contributed by atoms with Gasteiger partial charge in [0.25, 0.3) is 11.3 Å². The number of aromatic nitrogens is 3. The number of carbonyl (C=O) groups is 1. The molecule has 0 spiro atoms. The number of carbonyl (C=O) groups excluding carboxylic acids is 1. The third-order valence-electron chi connectivity index (χ3n) is 4.56. The number of hydrogen-bond donors (Lipinski definition) is 0. The van der Waals surface area contributed by atoms with E-state index in [0.29, 0.717) is 6.07 Å². The molecule has 0 aliphatic carbocycles. The van der Waals surface area contributed by atoms with Crippen molar-refractivity contribution in [2.75, 3.05) is 19.8 Å². The second-order valence-electron chi connectivity index (χ2n) is 6.98. The predicted octanol–water partition coefficient (Wildman–Crippen LogP) is 2.04. The maximum absolute atomic E-state index is 14.7. The van der Waals surface area contributed by atoms with E-state index < -0.39 is 64.0 Å². The van der Waals surface area contributed by atoms with Crippen molar-refractivity contribution in [3.63, 3.8) is 0 Å². The standard InChI is InChI=1S/C20H17ClF4N4O6/c1-3-33-15(31)9-34-19(5-4-6-26-10-19)35-17-11(21)7-12(22)16(27-17)29-14(30)8-13(20(23,24)25)28(2)18(29)32/h4-8H,3,9-10H2,1-2H3. The van der Waals surface area contributed by atoms with Gasteiger partial charge in [-0.05, 0) is 19.1 Å². The zero-order valence-corrected chi connectivity index (χ0v) is 18.9. The summed E-state index contributed by atoms with van der Waals surface area (Å²) in [6, 6.07) is 0.776. The van der Waals surface area contributed by atoms with Crippen LogP contribution in [0.2, 0.25) is 5.02 Å². The number of hydrogen-bond acceptors (Lipinski definition) is 8. The molecule has 0 fully saturated rings. The quantitative estimate of drug-likeness (QED) is 0.312. The molecule has 15 heteroatoms. The first kappa shape index (κ1) is 26.1. The molecule has 1 unspecified atom stereocenters. The van der Waals surface area contributed by atoms with Crippen LogP contribution in [-0.2, 0) is 27.5 Å². The summed E-state index contributed by atoms with van der Waals surface area (Å²) >= 11 is 6.02. The van der Waals surface area contributed by atoms with Crippen molar-refractivity contribution in [2.45, 2.75) is 18.9 Å².